The third kappa shape index (κ3) is 3.34. The minimum absolute atomic E-state index is 0.0294. The van der Waals surface area contributed by atoms with Gasteiger partial charge in [0.15, 0.2) is 5.03 Å². The molecular formula is C12H14FN3O3S. The van der Waals surface area contributed by atoms with Crippen molar-refractivity contribution in [2.24, 2.45) is 0 Å². The van der Waals surface area contributed by atoms with Gasteiger partial charge in [0.2, 0.25) is 0 Å². The van der Waals surface area contributed by atoms with Crippen molar-refractivity contribution in [1.82, 2.24) is 14.5 Å². The number of aromatic amines is 1. The van der Waals surface area contributed by atoms with Gasteiger partial charge in [-0.3, -0.25) is 5.10 Å². The Bertz CT molecular complexity index is 641. The molecule has 0 aliphatic rings. The molecule has 0 radical (unpaired) electrons. The fourth-order valence-corrected chi connectivity index (χ4v) is 2.55. The Morgan fingerprint density at radius 3 is 2.60 bits per heavy atom. The van der Waals surface area contributed by atoms with E-state index in [1.54, 1.807) is 0 Å². The largest absolute Gasteiger partial charge is 0.492 e. The van der Waals surface area contributed by atoms with Crippen LogP contribution in [0.4, 0.5) is 4.39 Å². The van der Waals surface area contributed by atoms with E-state index in [4.69, 9.17) is 4.74 Å². The van der Waals surface area contributed by atoms with Gasteiger partial charge < -0.3 is 4.74 Å². The number of benzene rings is 1. The van der Waals surface area contributed by atoms with Gasteiger partial charge in [0.05, 0.1) is 6.20 Å². The Kier molecular flexibility index (Phi) is 4.35. The Morgan fingerprint density at radius 1 is 1.30 bits per heavy atom. The summed E-state index contributed by atoms with van der Waals surface area (Å²) in [6, 6.07) is 6.91. The van der Waals surface area contributed by atoms with Crippen LogP contribution in [0.15, 0.2) is 41.6 Å². The zero-order valence-electron chi connectivity index (χ0n) is 10.8. The van der Waals surface area contributed by atoms with E-state index < -0.39 is 10.0 Å². The predicted molar refractivity (Wildman–Crippen MR) is 70.3 cm³/mol. The Hall–Kier alpha value is -1.93. The van der Waals surface area contributed by atoms with Crippen LogP contribution in [-0.2, 0) is 10.0 Å². The third-order valence-electron chi connectivity index (χ3n) is 2.65. The number of ether oxygens (including phenoxy) is 1. The van der Waals surface area contributed by atoms with E-state index in [0.717, 1.165) is 4.31 Å². The van der Waals surface area contributed by atoms with Crippen molar-refractivity contribution >= 4 is 10.0 Å². The first-order chi connectivity index (χ1) is 9.50. The lowest BCUT2D eigenvalue weighted by Gasteiger charge is -2.16. The zero-order valence-corrected chi connectivity index (χ0v) is 11.6. The normalized spacial score (nSPS) is 11.8. The summed E-state index contributed by atoms with van der Waals surface area (Å²) in [4.78, 5) is 0. The molecule has 0 aliphatic carbocycles. The minimum atomic E-state index is -3.58. The molecule has 0 spiro atoms. The van der Waals surface area contributed by atoms with Gasteiger partial charge in [-0.05, 0) is 30.3 Å². The number of hydrogen-bond donors (Lipinski definition) is 1. The van der Waals surface area contributed by atoms with Crippen molar-refractivity contribution in [2.45, 2.75) is 5.03 Å². The molecule has 0 fully saturated rings. The molecule has 1 N–H and O–H groups in total. The molecule has 0 atom stereocenters. The number of hydrogen-bond acceptors (Lipinski definition) is 4. The molecule has 20 heavy (non-hydrogen) atoms. The fraction of sp³-hybridized carbons (Fsp3) is 0.250. The van der Waals surface area contributed by atoms with E-state index >= 15 is 0 Å². The smallest absolute Gasteiger partial charge is 0.259 e. The first kappa shape index (κ1) is 14.5. The van der Waals surface area contributed by atoms with Gasteiger partial charge in [0.25, 0.3) is 10.0 Å². The summed E-state index contributed by atoms with van der Waals surface area (Å²) in [6.07, 6.45) is 1.37. The first-order valence-electron chi connectivity index (χ1n) is 5.84. The molecule has 0 saturated heterocycles. The highest BCUT2D eigenvalue weighted by atomic mass is 32.2. The number of sulfonamides is 1. The second-order valence-electron chi connectivity index (χ2n) is 4.05. The molecule has 8 heteroatoms. The van der Waals surface area contributed by atoms with Crippen LogP contribution in [-0.4, -0.2) is 43.1 Å². The molecule has 0 amide bonds. The van der Waals surface area contributed by atoms with E-state index in [-0.39, 0.29) is 24.0 Å². The molecule has 0 aliphatic heterocycles. The molecule has 1 heterocycles. The summed E-state index contributed by atoms with van der Waals surface area (Å²) in [5.74, 6) is 0.134. The molecule has 2 rings (SSSR count). The molecule has 108 valence electrons. The van der Waals surface area contributed by atoms with Crippen LogP contribution in [0.25, 0.3) is 0 Å². The summed E-state index contributed by atoms with van der Waals surface area (Å²) in [5, 5.41) is 6.05. The van der Waals surface area contributed by atoms with Gasteiger partial charge in [-0.2, -0.15) is 9.40 Å². The Balaban J connectivity index is 1.89. The molecule has 6 nitrogen and oxygen atoms in total. The summed E-state index contributed by atoms with van der Waals surface area (Å²) < 4.78 is 43.3. The highest BCUT2D eigenvalue weighted by Gasteiger charge is 2.21. The predicted octanol–water partition coefficient (Wildman–Crippen LogP) is 1.25. The highest BCUT2D eigenvalue weighted by molar-refractivity contribution is 7.89. The van der Waals surface area contributed by atoms with Crippen molar-refractivity contribution in [3.63, 3.8) is 0 Å². The number of rotatable bonds is 6. The lowest BCUT2D eigenvalue weighted by atomic mass is 10.3. The van der Waals surface area contributed by atoms with E-state index in [9.17, 15) is 12.8 Å². The second kappa shape index (κ2) is 6.02. The monoisotopic (exact) mass is 299 g/mol. The number of nitrogens with one attached hydrogen (secondary N) is 1. The van der Waals surface area contributed by atoms with Crippen LogP contribution in [0.3, 0.4) is 0 Å². The van der Waals surface area contributed by atoms with Crippen molar-refractivity contribution in [2.75, 3.05) is 20.2 Å². The molecule has 0 saturated carbocycles. The SMILES string of the molecule is CN(CCOc1ccc(F)cc1)S(=O)(=O)c1ccn[nH]1. The van der Waals surface area contributed by atoms with Crippen LogP contribution in [0, 0.1) is 5.82 Å². The number of H-pyrrole nitrogens is 1. The summed E-state index contributed by atoms with van der Waals surface area (Å²) in [7, 11) is -2.13. The number of aromatic nitrogens is 2. The van der Waals surface area contributed by atoms with Gasteiger partial charge in [-0.25, -0.2) is 12.8 Å². The fourth-order valence-electron chi connectivity index (χ4n) is 1.50. The van der Waals surface area contributed by atoms with Crippen molar-refractivity contribution in [3.05, 3.63) is 42.3 Å². The maximum absolute atomic E-state index is 12.7. The average molecular weight is 299 g/mol. The van der Waals surface area contributed by atoms with Gasteiger partial charge in [0, 0.05) is 13.6 Å². The van der Waals surface area contributed by atoms with Crippen LogP contribution >= 0.6 is 0 Å². The Labute approximate surface area is 116 Å². The summed E-state index contributed by atoms with van der Waals surface area (Å²) in [5.41, 5.74) is 0. The molecule has 1 aromatic heterocycles. The number of likely N-dealkylation sites (N-methyl/N-ethyl adjacent to an activating group) is 1. The van der Waals surface area contributed by atoms with Gasteiger partial charge in [-0.1, -0.05) is 0 Å². The number of nitrogens with zero attached hydrogens (tertiary/aromatic N) is 2. The average Bonchev–Trinajstić information content (AvgIpc) is 2.95. The zero-order chi connectivity index (χ0) is 14.6. The highest BCUT2D eigenvalue weighted by Crippen LogP contribution is 2.12. The molecular weight excluding hydrogens is 285 g/mol. The lowest BCUT2D eigenvalue weighted by molar-refractivity contribution is 0.286. The topological polar surface area (TPSA) is 75.3 Å². The minimum Gasteiger partial charge on any atom is -0.492 e. The lowest BCUT2D eigenvalue weighted by Crippen LogP contribution is -2.31. The molecule has 0 bridgehead atoms. The summed E-state index contributed by atoms with van der Waals surface area (Å²) in [6.45, 7) is 0.328. The van der Waals surface area contributed by atoms with Crippen molar-refractivity contribution in [1.29, 1.82) is 0 Å². The maximum atomic E-state index is 12.7. The molecule has 1 aromatic carbocycles. The Morgan fingerprint density at radius 2 is 2.00 bits per heavy atom. The van der Waals surface area contributed by atoms with Crippen LogP contribution in [0.5, 0.6) is 5.75 Å². The van der Waals surface area contributed by atoms with Crippen LogP contribution in [0.1, 0.15) is 0 Å². The maximum Gasteiger partial charge on any atom is 0.259 e. The third-order valence-corrected chi connectivity index (χ3v) is 4.44. The number of halogens is 1. The van der Waals surface area contributed by atoms with Gasteiger partial charge in [-0.15, -0.1) is 0 Å². The van der Waals surface area contributed by atoms with Gasteiger partial charge >= 0.3 is 0 Å². The van der Waals surface area contributed by atoms with Crippen LogP contribution < -0.4 is 4.74 Å². The van der Waals surface area contributed by atoms with E-state index in [0.29, 0.717) is 5.75 Å². The van der Waals surface area contributed by atoms with E-state index in [1.165, 1.54) is 43.6 Å². The first-order valence-corrected chi connectivity index (χ1v) is 7.28. The molecule has 2 aromatic rings. The van der Waals surface area contributed by atoms with Crippen LogP contribution in [0.2, 0.25) is 0 Å². The standard InChI is InChI=1S/C12H14FN3O3S/c1-16(20(17,18)12-6-7-14-15-12)8-9-19-11-4-2-10(13)3-5-11/h2-7H,8-9H2,1H3,(H,14,15). The van der Waals surface area contributed by atoms with E-state index in [2.05, 4.69) is 10.2 Å². The van der Waals surface area contributed by atoms with E-state index in [1.807, 2.05) is 0 Å². The van der Waals surface area contributed by atoms with Crippen molar-refractivity contribution in [3.8, 4) is 5.75 Å². The summed E-state index contributed by atoms with van der Waals surface area (Å²) >= 11 is 0. The second-order valence-corrected chi connectivity index (χ2v) is 6.06. The van der Waals surface area contributed by atoms with Crippen molar-refractivity contribution < 1.29 is 17.5 Å². The molecule has 0 unspecified atom stereocenters. The quantitative estimate of drug-likeness (QED) is 0.871. The van der Waals surface area contributed by atoms with Gasteiger partial charge in [0.1, 0.15) is 18.2 Å².